The van der Waals surface area contributed by atoms with Gasteiger partial charge in [0.2, 0.25) is 0 Å². The van der Waals surface area contributed by atoms with Gasteiger partial charge in [0.15, 0.2) is 6.10 Å². The number of alkyl carbamates (subject to hydrolysis) is 2. The molecule has 0 spiro atoms. The molecule has 42 heavy (non-hydrogen) atoms. The Kier molecular flexibility index (Phi) is 15.9. The third-order valence-electron chi connectivity index (χ3n) is 5.08. The van der Waals surface area contributed by atoms with Gasteiger partial charge in [-0.15, -0.1) is 0 Å². The molecule has 1 unspecified atom stereocenters. The van der Waals surface area contributed by atoms with Gasteiger partial charge in [0.25, 0.3) is 0 Å². The van der Waals surface area contributed by atoms with Gasteiger partial charge in [0.05, 0.1) is 0 Å². The van der Waals surface area contributed by atoms with Gasteiger partial charge in [-0.1, -0.05) is 27.7 Å². The Labute approximate surface area is 247 Å². The number of nitrogens with one attached hydrogen (secondary N) is 2. The zero-order valence-electron chi connectivity index (χ0n) is 26.4. The summed E-state index contributed by atoms with van der Waals surface area (Å²) in [5.41, 5.74) is -1.62. The number of rotatable bonds is 15. The standard InChI is InChI=1S/C28H48N2O12/c1-16(2)21(29-25(36)41-27(5,6)7)23(34)39-15-18(14-38-20(33)13-11-12-19(31)32)40-24(35)22(17(3)4)30-26(37)42-28(8,9)10/h16-18,21-22H,11-15H2,1-10H3,(H,29,36)(H,30,37)(H,31,32)/t18?,21-,22-/m0/s1. The second-order valence-corrected chi connectivity index (χ2v) is 12.4. The van der Waals surface area contributed by atoms with Crippen molar-refractivity contribution in [3.05, 3.63) is 0 Å². The van der Waals surface area contributed by atoms with E-state index < -0.39 is 90.5 Å². The van der Waals surface area contributed by atoms with Crippen molar-refractivity contribution >= 4 is 36.1 Å². The Bertz CT molecular complexity index is 934. The third-order valence-corrected chi connectivity index (χ3v) is 5.08. The number of ether oxygens (including phenoxy) is 5. The van der Waals surface area contributed by atoms with Gasteiger partial charge in [0.1, 0.15) is 36.5 Å². The van der Waals surface area contributed by atoms with Gasteiger partial charge in [0, 0.05) is 12.8 Å². The molecule has 0 fully saturated rings. The van der Waals surface area contributed by atoms with Crippen molar-refractivity contribution in [3.63, 3.8) is 0 Å². The van der Waals surface area contributed by atoms with E-state index in [4.69, 9.17) is 28.8 Å². The highest BCUT2D eigenvalue weighted by Gasteiger charge is 2.33. The van der Waals surface area contributed by atoms with E-state index in [-0.39, 0.29) is 19.3 Å². The van der Waals surface area contributed by atoms with Crippen molar-refractivity contribution in [2.24, 2.45) is 11.8 Å². The largest absolute Gasteiger partial charge is 0.481 e. The zero-order chi connectivity index (χ0) is 32.8. The van der Waals surface area contributed by atoms with Crippen LogP contribution in [0.15, 0.2) is 0 Å². The first-order chi connectivity index (χ1) is 19.1. The number of aliphatic carboxylic acids is 1. The highest BCUT2D eigenvalue weighted by Crippen LogP contribution is 2.13. The normalized spacial score (nSPS) is 13.8. The molecule has 2 amide bonds. The van der Waals surface area contributed by atoms with E-state index in [9.17, 15) is 28.8 Å². The number of amides is 2. The topological polar surface area (TPSA) is 193 Å². The average molecular weight is 605 g/mol. The molecule has 0 saturated carbocycles. The molecule has 0 aromatic carbocycles. The van der Waals surface area contributed by atoms with Crippen LogP contribution in [0.5, 0.6) is 0 Å². The van der Waals surface area contributed by atoms with Crippen LogP contribution < -0.4 is 10.6 Å². The van der Waals surface area contributed by atoms with Crippen LogP contribution in [0, 0.1) is 11.8 Å². The molecule has 0 rings (SSSR count). The summed E-state index contributed by atoms with van der Waals surface area (Å²) in [4.78, 5) is 73.2. The summed E-state index contributed by atoms with van der Waals surface area (Å²) in [6, 6.07) is -2.26. The fourth-order valence-corrected chi connectivity index (χ4v) is 3.13. The molecule has 0 bridgehead atoms. The maximum atomic E-state index is 13.0. The molecule has 14 nitrogen and oxygen atoms in total. The molecular weight excluding hydrogens is 556 g/mol. The highest BCUT2D eigenvalue weighted by molar-refractivity contribution is 5.83. The van der Waals surface area contributed by atoms with E-state index >= 15 is 0 Å². The lowest BCUT2D eigenvalue weighted by atomic mass is 10.0. The maximum Gasteiger partial charge on any atom is 0.408 e. The molecule has 242 valence electrons. The Morgan fingerprint density at radius 1 is 0.667 bits per heavy atom. The molecule has 0 heterocycles. The average Bonchev–Trinajstić information content (AvgIpc) is 2.79. The molecular formula is C28H48N2O12. The monoisotopic (exact) mass is 604 g/mol. The van der Waals surface area contributed by atoms with Crippen LogP contribution in [0.2, 0.25) is 0 Å². The van der Waals surface area contributed by atoms with Gasteiger partial charge in [-0.2, -0.15) is 0 Å². The van der Waals surface area contributed by atoms with Crippen LogP contribution in [0.3, 0.4) is 0 Å². The molecule has 14 heteroatoms. The number of carboxylic acid groups (broad SMARTS) is 1. The Balaban J connectivity index is 5.61. The smallest absolute Gasteiger partial charge is 0.408 e. The molecule has 0 radical (unpaired) electrons. The number of carbonyl (C=O) groups excluding carboxylic acids is 5. The third kappa shape index (κ3) is 18.0. The lowest BCUT2D eigenvalue weighted by Crippen LogP contribution is -2.49. The van der Waals surface area contributed by atoms with E-state index in [1.807, 2.05) is 0 Å². The predicted molar refractivity (Wildman–Crippen MR) is 149 cm³/mol. The predicted octanol–water partition coefficient (Wildman–Crippen LogP) is 3.34. The minimum atomic E-state index is -1.29. The lowest BCUT2D eigenvalue weighted by molar-refractivity contribution is -0.169. The fraction of sp³-hybridized carbons (Fsp3) is 0.786. The summed E-state index contributed by atoms with van der Waals surface area (Å²) in [5, 5.41) is 13.7. The summed E-state index contributed by atoms with van der Waals surface area (Å²) in [7, 11) is 0. The van der Waals surface area contributed by atoms with Gasteiger partial charge in [-0.25, -0.2) is 19.2 Å². The number of hydrogen-bond donors (Lipinski definition) is 3. The summed E-state index contributed by atoms with van der Waals surface area (Å²) in [6.07, 6.45) is -3.37. The van der Waals surface area contributed by atoms with Crippen LogP contribution in [-0.2, 0) is 42.9 Å². The van der Waals surface area contributed by atoms with Crippen molar-refractivity contribution in [1.29, 1.82) is 0 Å². The first kappa shape index (κ1) is 38.4. The van der Waals surface area contributed by atoms with Gasteiger partial charge in [-0.3, -0.25) is 9.59 Å². The summed E-state index contributed by atoms with van der Waals surface area (Å²) < 4.78 is 26.3. The maximum absolute atomic E-state index is 13.0. The van der Waals surface area contributed by atoms with E-state index in [2.05, 4.69) is 10.6 Å². The Morgan fingerprint density at radius 3 is 1.50 bits per heavy atom. The van der Waals surface area contributed by atoms with Crippen LogP contribution in [-0.4, -0.2) is 83.8 Å². The number of esters is 3. The minimum Gasteiger partial charge on any atom is -0.481 e. The van der Waals surface area contributed by atoms with Crippen molar-refractivity contribution in [3.8, 4) is 0 Å². The molecule has 0 aliphatic rings. The number of hydrogen-bond acceptors (Lipinski definition) is 11. The van der Waals surface area contributed by atoms with Gasteiger partial charge >= 0.3 is 36.1 Å². The van der Waals surface area contributed by atoms with Crippen LogP contribution in [0.4, 0.5) is 9.59 Å². The Morgan fingerprint density at radius 2 is 1.10 bits per heavy atom. The van der Waals surface area contributed by atoms with E-state index in [1.54, 1.807) is 69.2 Å². The molecule has 0 aromatic heterocycles. The van der Waals surface area contributed by atoms with Gasteiger partial charge in [-0.05, 0) is 59.8 Å². The summed E-state index contributed by atoms with van der Waals surface area (Å²) in [6.45, 7) is 15.6. The molecule has 0 aliphatic carbocycles. The highest BCUT2D eigenvalue weighted by atomic mass is 16.6. The Hall–Kier alpha value is -3.58. The summed E-state index contributed by atoms with van der Waals surface area (Å²) in [5.74, 6) is -4.40. The first-order valence-corrected chi connectivity index (χ1v) is 13.8. The van der Waals surface area contributed by atoms with E-state index in [0.717, 1.165) is 0 Å². The van der Waals surface area contributed by atoms with Crippen molar-refractivity contribution in [2.45, 2.75) is 118 Å². The molecule has 0 aliphatic heterocycles. The molecule has 0 aromatic rings. The number of carbonyl (C=O) groups is 6. The molecule has 3 atom stereocenters. The fourth-order valence-electron chi connectivity index (χ4n) is 3.13. The van der Waals surface area contributed by atoms with Crippen LogP contribution in [0.25, 0.3) is 0 Å². The summed E-state index contributed by atoms with van der Waals surface area (Å²) >= 11 is 0. The van der Waals surface area contributed by atoms with Crippen molar-refractivity contribution < 1.29 is 57.6 Å². The van der Waals surface area contributed by atoms with E-state index in [1.165, 1.54) is 0 Å². The first-order valence-electron chi connectivity index (χ1n) is 13.8. The van der Waals surface area contributed by atoms with Crippen molar-refractivity contribution in [2.75, 3.05) is 13.2 Å². The SMILES string of the molecule is CC(C)[C@H](NC(=O)OC(C)(C)C)C(=O)OCC(COC(=O)CCCC(=O)O)OC(=O)[C@@H](NC(=O)OC(C)(C)C)C(C)C. The van der Waals surface area contributed by atoms with Crippen molar-refractivity contribution in [1.82, 2.24) is 10.6 Å². The van der Waals surface area contributed by atoms with Gasteiger partial charge < -0.3 is 39.4 Å². The van der Waals surface area contributed by atoms with E-state index in [0.29, 0.717) is 0 Å². The van der Waals surface area contributed by atoms with Crippen LogP contribution in [0.1, 0.15) is 88.5 Å². The second kappa shape index (κ2) is 17.4. The lowest BCUT2D eigenvalue weighted by Gasteiger charge is -2.27. The minimum absolute atomic E-state index is 0.0369. The zero-order valence-corrected chi connectivity index (χ0v) is 26.4. The number of carboxylic acids is 1. The second-order valence-electron chi connectivity index (χ2n) is 12.4. The molecule has 0 saturated heterocycles. The quantitative estimate of drug-likeness (QED) is 0.183. The molecule has 3 N–H and O–H groups in total. The van der Waals surface area contributed by atoms with Crippen LogP contribution >= 0.6 is 0 Å².